The Labute approximate surface area is 105 Å². The highest BCUT2D eigenvalue weighted by Crippen LogP contribution is 2.07. The van der Waals surface area contributed by atoms with Gasteiger partial charge >= 0.3 is 0 Å². The maximum absolute atomic E-state index is 5.68. The number of nitrogens with zero attached hydrogens (tertiary/aromatic N) is 5. The Morgan fingerprint density at radius 2 is 2.12 bits per heavy atom. The summed E-state index contributed by atoms with van der Waals surface area (Å²) in [7, 11) is 3.94. The second-order valence-electron chi connectivity index (χ2n) is 4.04. The Bertz CT molecular complexity index is 479. The van der Waals surface area contributed by atoms with Gasteiger partial charge in [0.15, 0.2) is 5.15 Å². The zero-order valence-corrected chi connectivity index (χ0v) is 10.6. The molecule has 0 atom stereocenters. The summed E-state index contributed by atoms with van der Waals surface area (Å²) in [6, 6.07) is 3.64. The van der Waals surface area contributed by atoms with Crippen LogP contribution in [0.25, 0.3) is 0 Å². The molecule has 0 saturated carbocycles. The second kappa shape index (κ2) is 5.25. The number of aryl methyl sites for hydroxylation is 1. The number of hydrogen-bond donors (Lipinski definition) is 0. The predicted octanol–water partition coefficient (Wildman–Crippen LogP) is 1.50. The van der Waals surface area contributed by atoms with Gasteiger partial charge in [-0.3, -0.25) is 9.58 Å². The molecule has 0 radical (unpaired) electrons. The van der Waals surface area contributed by atoms with Gasteiger partial charge < -0.3 is 0 Å². The molecule has 0 saturated heterocycles. The molecule has 0 N–H and O–H groups in total. The summed E-state index contributed by atoms with van der Waals surface area (Å²) in [5.41, 5.74) is 2.08. The topological polar surface area (TPSA) is 46.8 Å². The molecule has 6 heteroatoms. The molecular formula is C11H14ClN5. The van der Waals surface area contributed by atoms with Gasteiger partial charge in [-0.05, 0) is 19.2 Å². The number of hydrogen-bond acceptors (Lipinski definition) is 4. The first-order chi connectivity index (χ1) is 8.13. The van der Waals surface area contributed by atoms with Gasteiger partial charge in [0, 0.05) is 31.9 Å². The van der Waals surface area contributed by atoms with E-state index < -0.39 is 0 Å². The van der Waals surface area contributed by atoms with E-state index in [1.54, 1.807) is 10.7 Å². The van der Waals surface area contributed by atoms with E-state index in [9.17, 15) is 0 Å². The van der Waals surface area contributed by atoms with Crippen LogP contribution in [0.3, 0.4) is 0 Å². The largest absolute Gasteiger partial charge is 0.296 e. The van der Waals surface area contributed by atoms with Crippen LogP contribution < -0.4 is 0 Å². The van der Waals surface area contributed by atoms with Gasteiger partial charge in [0.25, 0.3) is 0 Å². The molecule has 0 fully saturated rings. The lowest BCUT2D eigenvalue weighted by molar-refractivity contribution is 0.314. The van der Waals surface area contributed by atoms with Gasteiger partial charge in [-0.1, -0.05) is 11.6 Å². The molecule has 0 aromatic carbocycles. The molecular weight excluding hydrogens is 238 g/mol. The van der Waals surface area contributed by atoms with Gasteiger partial charge in [0.05, 0.1) is 11.9 Å². The van der Waals surface area contributed by atoms with Crippen LogP contribution in [0.4, 0.5) is 0 Å². The summed E-state index contributed by atoms with van der Waals surface area (Å²) in [5.74, 6) is 0. The SMILES string of the molecule is CN(Cc1cnn(C)c1)Cc1ccc(Cl)nn1. The number of rotatable bonds is 4. The standard InChI is InChI=1S/C11H14ClN5/c1-16(6-9-5-13-17(2)7-9)8-10-3-4-11(12)15-14-10/h3-5,7H,6,8H2,1-2H3. The van der Waals surface area contributed by atoms with Crippen LogP contribution in [0.15, 0.2) is 24.5 Å². The molecule has 0 aliphatic heterocycles. The molecule has 5 nitrogen and oxygen atoms in total. The normalized spacial score (nSPS) is 11.1. The van der Waals surface area contributed by atoms with E-state index in [0.29, 0.717) is 5.15 Å². The number of halogens is 1. The van der Waals surface area contributed by atoms with Gasteiger partial charge in [0.1, 0.15) is 0 Å². The third-order valence-corrected chi connectivity index (χ3v) is 2.53. The monoisotopic (exact) mass is 251 g/mol. The molecule has 90 valence electrons. The first-order valence-electron chi connectivity index (χ1n) is 5.27. The average Bonchev–Trinajstić information content (AvgIpc) is 2.67. The van der Waals surface area contributed by atoms with E-state index in [-0.39, 0.29) is 0 Å². The first kappa shape index (κ1) is 12.0. The number of aromatic nitrogens is 4. The van der Waals surface area contributed by atoms with Crippen LogP contribution in [0, 0.1) is 0 Å². The Kier molecular flexibility index (Phi) is 3.71. The molecule has 0 aliphatic rings. The average molecular weight is 252 g/mol. The highest BCUT2D eigenvalue weighted by molar-refractivity contribution is 6.29. The fourth-order valence-corrected chi connectivity index (χ4v) is 1.73. The maximum atomic E-state index is 5.68. The lowest BCUT2D eigenvalue weighted by atomic mass is 10.3. The van der Waals surface area contributed by atoms with Crippen LogP contribution >= 0.6 is 11.6 Å². The highest BCUT2D eigenvalue weighted by Gasteiger charge is 2.04. The molecule has 2 aromatic rings. The minimum absolute atomic E-state index is 0.420. The van der Waals surface area contributed by atoms with E-state index in [2.05, 4.69) is 20.2 Å². The van der Waals surface area contributed by atoms with Crippen LogP contribution in [0.2, 0.25) is 5.15 Å². The van der Waals surface area contributed by atoms with Crippen molar-refractivity contribution in [3.05, 3.63) is 40.9 Å². The Morgan fingerprint density at radius 3 is 2.71 bits per heavy atom. The molecule has 0 amide bonds. The third kappa shape index (κ3) is 3.51. The van der Waals surface area contributed by atoms with Crippen molar-refractivity contribution in [3.8, 4) is 0 Å². The molecule has 17 heavy (non-hydrogen) atoms. The van der Waals surface area contributed by atoms with Crippen molar-refractivity contribution < 1.29 is 0 Å². The van der Waals surface area contributed by atoms with Crippen LogP contribution in [0.5, 0.6) is 0 Å². The molecule has 2 aromatic heterocycles. The van der Waals surface area contributed by atoms with Gasteiger partial charge in [-0.15, -0.1) is 5.10 Å². The third-order valence-electron chi connectivity index (χ3n) is 2.33. The summed E-state index contributed by atoms with van der Waals surface area (Å²) in [6.45, 7) is 1.57. The van der Waals surface area contributed by atoms with E-state index >= 15 is 0 Å². The van der Waals surface area contributed by atoms with Crippen molar-refractivity contribution in [1.29, 1.82) is 0 Å². The molecule has 2 rings (SSSR count). The molecule has 2 heterocycles. The van der Waals surface area contributed by atoms with Gasteiger partial charge in [0.2, 0.25) is 0 Å². The van der Waals surface area contributed by atoms with E-state index in [4.69, 9.17) is 11.6 Å². The molecule has 0 spiro atoms. The quantitative estimate of drug-likeness (QED) is 0.826. The predicted molar refractivity (Wildman–Crippen MR) is 65.4 cm³/mol. The summed E-state index contributed by atoms with van der Waals surface area (Å²) < 4.78 is 1.80. The fraction of sp³-hybridized carbons (Fsp3) is 0.364. The molecule has 0 bridgehead atoms. The van der Waals surface area contributed by atoms with Crippen LogP contribution in [-0.2, 0) is 20.1 Å². The zero-order chi connectivity index (χ0) is 12.3. The lowest BCUT2D eigenvalue weighted by Crippen LogP contribution is -2.17. The van der Waals surface area contributed by atoms with E-state index in [1.807, 2.05) is 32.6 Å². The summed E-state index contributed by atoms with van der Waals surface area (Å²) in [4.78, 5) is 2.15. The fourth-order valence-electron chi connectivity index (χ4n) is 1.63. The van der Waals surface area contributed by atoms with E-state index in [1.165, 1.54) is 5.56 Å². The van der Waals surface area contributed by atoms with Crippen molar-refractivity contribution in [2.75, 3.05) is 7.05 Å². The summed E-state index contributed by atoms with van der Waals surface area (Å²) in [5, 5.41) is 12.4. The van der Waals surface area contributed by atoms with Crippen molar-refractivity contribution >= 4 is 11.6 Å². The Morgan fingerprint density at radius 1 is 1.29 bits per heavy atom. The second-order valence-corrected chi connectivity index (χ2v) is 4.43. The first-order valence-corrected chi connectivity index (χ1v) is 5.65. The van der Waals surface area contributed by atoms with Crippen molar-refractivity contribution in [3.63, 3.8) is 0 Å². The molecule has 0 aliphatic carbocycles. The van der Waals surface area contributed by atoms with E-state index in [0.717, 1.165) is 18.8 Å². The smallest absolute Gasteiger partial charge is 0.151 e. The van der Waals surface area contributed by atoms with Gasteiger partial charge in [-0.25, -0.2) is 0 Å². The Balaban J connectivity index is 1.93. The van der Waals surface area contributed by atoms with Gasteiger partial charge in [-0.2, -0.15) is 10.2 Å². The summed E-state index contributed by atoms with van der Waals surface area (Å²) >= 11 is 5.68. The van der Waals surface area contributed by atoms with Crippen LogP contribution in [-0.4, -0.2) is 31.9 Å². The minimum atomic E-state index is 0.420. The lowest BCUT2D eigenvalue weighted by Gasteiger charge is -2.14. The minimum Gasteiger partial charge on any atom is -0.296 e. The van der Waals surface area contributed by atoms with Crippen LogP contribution in [0.1, 0.15) is 11.3 Å². The highest BCUT2D eigenvalue weighted by atomic mass is 35.5. The maximum Gasteiger partial charge on any atom is 0.151 e. The van der Waals surface area contributed by atoms with Crippen molar-refractivity contribution in [2.24, 2.45) is 7.05 Å². The zero-order valence-electron chi connectivity index (χ0n) is 9.84. The summed E-state index contributed by atoms with van der Waals surface area (Å²) in [6.07, 6.45) is 3.87. The Hall–Kier alpha value is -1.46. The van der Waals surface area contributed by atoms with Crippen molar-refractivity contribution in [2.45, 2.75) is 13.1 Å². The molecule has 0 unspecified atom stereocenters. The van der Waals surface area contributed by atoms with Crippen molar-refractivity contribution in [1.82, 2.24) is 24.9 Å².